The van der Waals surface area contributed by atoms with Crippen LogP contribution in [-0.4, -0.2) is 49.1 Å². The van der Waals surface area contributed by atoms with Crippen molar-refractivity contribution in [1.29, 1.82) is 0 Å². The molecule has 1 aliphatic carbocycles. The molecular weight excluding hydrogens is 471 g/mol. The highest BCUT2D eigenvalue weighted by Crippen LogP contribution is 2.54. The SMILES string of the molecule is CC1(OCCCCCCC(F)(F)C(F)(F)C(F)(F)C(F)(F)F)C=CC(S(=O)(=O)O)=CC1. The highest BCUT2D eigenvalue weighted by molar-refractivity contribution is 7.90. The fraction of sp³-hybridized carbons (Fsp3) is 0.765. The molecule has 14 heteroatoms. The molecule has 31 heavy (non-hydrogen) atoms. The molecule has 0 radical (unpaired) electrons. The van der Waals surface area contributed by atoms with Crippen LogP contribution in [0.25, 0.3) is 0 Å². The summed E-state index contributed by atoms with van der Waals surface area (Å²) >= 11 is 0. The highest BCUT2D eigenvalue weighted by atomic mass is 32.2. The standard InChI is InChI=1S/C17H21F9O4S/c1-13(9-6-12(7-10-13)31(27,28)29)30-11-5-3-2-4-8-14(18,19)15(20,21)16(22,23)17(24,25)26/h6-7,9H,2-5,8,10-11H2,1H3,(H,27,28,29). The molecule has 0 saturated heterocycles. The zero-order chi connectivity index (χ0) is 24.4. The van der Waals surface area contributed by atoms with Crippen molar-refractivity contribution in [2.75, 3.05) is 6.61 Å². The molecule has 0 bridgehead atoms. The fourth-order valence-corrected chi connectivity index (χ4v) is 3.20. The highest BCUT2D eigenvalue weighted by Gasteiger charge is 2.81. The molecule has 182 valence electrons. The van der Waals surface area contributed by atoms with Crippen LogP contribution in [0, 0.1) is 0 Å². The van der Waals surface area contributed by atoms with E-state index in [9.17, 15) is 47.9 Å². The van der Waals surface area contributed by atoms with E-state index < -0.39 is 52.5 Å². The molecule has 4 nitrogen and oxygen atoms in total. The van der Waals surface area contributed by atoms with Crippen LogP contribution in [-0.2, 0) is 14.9 Å². The Hall–Kier alpha value is -1.28. The molecule has 0 fully saturated rings. The number of allylic oxidation sites excluding steroid dienone is 1. The van der Waals surface area contributed by atoms with E-state index in [1.165, 1.54) is 12.2 Å². The van der Waals surface area contributed by atoms with Gasteiger partial charge in [-0.2, -0.15) is 47.9 Å². The summed E-state index contributed by atoms with van der Waals surface area (Å²) in [4.78, 5) is -0.303. The van der Waals surface area contributed by atoms with Gasteiger partial charge in [0.15, 0.2) is 0 Å². The van der Waals surface area contributed by atoms with Crippen LogP contribution in [0.2, 0.25) is 0 Å². The molecule has 0 aromatic carbocycles. The summed E-state index contributed by atoms with van der Waals surface area (Å²) < 4.78 is 151. The Bertz CT molecular complexity index is 788. The van der Waals surface area contributed by atoms with Gasteiger partial charge in [0.1, 0.15) is 0 Å². The second kappa shape index (κ2) is 9.30. The molecule has 1 atom stereocenters. The number of halogens is 9. The third kappa shape index (κ3) is 6.60. The molecular formula is C17H21F9O4S. The van der Waals surface area contributed by atoms with Crippen molar-refractivity contribution in [3.63, 3.8) is 0 Å². The quantitative estimate of drug-likeness (QED) is 0.221. The summed E-state index contributed by atoms with van der Waals surface area (Å²) in [6, 6.07) is 0. The molecule has 0 aliphatic heterocycles. The molecule has 0 saturated carbocycles. The van der Waals surface area contributed by atoms with E-state index in [-0.39, 0.29) is 37.2 Å². The summed E-state index contributed by atoms with van der Waals surface area (Å²) in [6.07, 6.45) is -5.30. The Balaban J connectivity index is 2.41. The van der Waals surface area contributed by atoms with Gasteiger partial charge in [0.05, 0.1) is 10.5 Å². The summed E-state index contributed by atoms with van der Waals surface area (Å²) in [5.41, 5.74) is -0.910. The molecule has 0 heterocycles. The summed E-state index contributed by atoms with van der Waals surface area (Å²) in [5, 5.41) is 0. The Kier molecular flexibility index (Phi) is 8.32. The number of ether oxygens (including phenoxy) is 1. The maximum Gasteiger partial charge on any atom is 0.460 e. The average Bonchev–Trinajstić information content (AvgIpc) is 2.59. The monoisotopic (exact) mass is 492 g/mol. The van der Waals surface area contributed by atoms with Gasteiger partial charge in [-0.3, -0.25) is 4.55 Å². The minimum Gasteiger partial charge on any atom is -0.371 e. The van der Waals surface area contributed by atoms with Crippen molar-refractivity contribution in [2.45, 2.75) is 75.0 Å². The zero-order valence-corrected chi connectivity index (χ0v) is 17.0. The number of rotatable bonds is 11. The third-order valence-electron chi connectivity index (χ3n) is 4.63. The van der Waals surface area contributed by atoms with Gasteiger partial charge in [0, 0.05) is 13.0 Å². The molecule has 0 amide bonds. The van der Waals surface area contributed by atoms with Crippen molar-refractivity contribution < 1.29 is 57.2 Å². The van der Waals surface area contributed by atoms with E-state index in [1.54, 1.807) is 6.92 Å². The van der Waals surface area contributed by atoms with Gasteiger partial charge in [-0.1, -0.05) is 25.0 Å². The molecule has 0 aromatic heterocycles. The first-order valence-electron chi connectivity index (χ1n) is 8.98. The van der Waals surface area contributed by atoms with Crippen molar-refractivity contribution in [3.8, 4) is 0 Å². The van der Waals surface area contributed by atoms with Gasteiger partial charge in [-0.05, 0) is 32.3 Å². The summed E-state index contributed by atoms with van der Waals surface area (Å²) in [6.45, 7) is 1.65. The van der Waals surface area contributed by atoms with E-state index in [0.717, 1.165) is 6.08 Å². The molecule has 1 N–H and O–H groups in total. The van der Waals surface area contributed by atoms with Crippen molar-refractivity contribution in [2.24, 2.45) is 0 Å². The molecule has 0 spiro atoms. The summed E-state index contributed by atoms with van der Waals surface area (Å²) in [5.74, 6) is -19.0. The minimum absolute atomic E-state index is 0.0502. The van der Waals surface area contributed by atoms with E-state index >= 15 is 0 Å². The van der Waals surface area contributed by atoms with Crippen LogP contribution in [0.4, 0.5) is 39.5 Å². The normalized spacial score (nSPS) is 21.3. The lowest BCUT2D eigenvalue weighted by Crippen LogP contribution is -2.60. The predicted molar refractivity (Wildman–Crippen MR) is 91.7 cm³/mol. The summed E-state index contributed by atoms with van der Waals surface area (Å²) in [7, 11) is -4.36. The lowest BCUT2D eigenvalue weighted by atomic mass is 9.97. The number of alkyl halides is 9. The topological polar surface area (TPSA) is 63.6 Å². The predicted octanol–water partition coefficient (Wildman–Crippen LogP) is 5.91. The molecule has 0 aromatic rings. The largest absolute Gasteiger partial charge is 0.460 e. The van der Waals surface area contributed by atoms with Crippen LogP contribution >= 0.6 is 0 Å². The van der Waals surface area contributed by atoms with Crippen LogP contribution in [0.15, 0.2) is 23.1 Å². The van der Waals surface area contributed by atoms with Gasteiger partial charge in [-0.15, -0.1) is 0 Å². The van der Waals surface area contributed by atoms with E-state index in [1.807, 2.05) is 0 Å². The van der Waals surface area contributed by atoms with Gasteiger partial charge < -0.3 is 4.74 Å². The first kappa shape index (κ1) is 27.8. The van der Waals surface area contributed by atoms with Gasteiger partial charge >= 0.3 is 23.9 Å². The van der Waals surface area contributed by atoms with Crippen molar-refractivity contribution >= 4 is 10.1 Å². The maximum atomic E-state index is 13.4. The Morgan fingerprint density at radius 3 is 1.97 bits per heavy atom. The van der Waals surface area contributed by atoms with Gasteiger partial charge in [0.2, 0.25) is 0 Å². The van der Waals surface area contributed by atoms with E-state index in [2.05, 4.69) is 0 Å². The van der Waals surface area contributed by atoms with E-state index in [0.29, 0.717) is 0 Å². The Morgan fingerprint density at radius 2 is 1.52 bits per heavy atom. The molecule has 1 aliphatic rings. The molecule has 1 unspecified atom stereocenters. The number of hydrogen-bond donors (Lipinski definition) is 1. The molecule has 1 rings (SSSR count). The first-order valence-corrected chi connectivity index (χ1v) is 10.4. The minimum atomic E-state index is -6.87. The van der Waals surface area contributed by atoms with Crippen LogP contribution in [0.3, 0.4) is 0 Å². The van der Waals surface area contributed by atoms with Crippen LogP contribution in [0.1, 0.15) is 45.4 Å². The lowest BCUT2D eigenvalue weighted by Gasteiger charge is -2.33. The smallest absolute Gasteiger partial charge is 0.371 e. The van der Waals surface area contributed by atoms with E-state index in [4.69, 9.17) is 9.29 Å². The van der Waals surface area contributed by atoms with Crippen molar-refractivity contribution in [3.05, 3.63) is 23.1 Å². The second-order valence-corrected chi connectivity index (χ2v) is 8.72. The Morgan fingerprint density at radius 1 is 0.968 bits per heavy atom. The maximum absolute atomic E-state index is 13.4. The van der Waals surface area contributed by atoms with Crippen molar-refractivity contribution in [1.82, 2.24) is 0 Å². The lowest BCUT2D eigenvalue weighted by molar-refractivity contribution is -0.396. The Labute approximate surface area is 172 Å². The van der Waals surface area contributed by atoms with Gasteiger partial charge in [-0.25, -0.2) is 0 Å². The van der Waals surface area contributed by atoms with Crippen LogP contribution < -0.4 is 0 Å². The van der Waals surface area contributed by atoms with Crippen LogP contribution in [0.5, 0.6) is 0 Å². The fourth-order valence-electron chi connectivity index (χ4n) is 2.67. The third-order valence-corrected chi connectivity index (χ3v) is 5.53. The number of unbranched alkanes of at least 4 members (excludes halogenated alkanes) is 3. The second-order valence-electron chi connectivity index (χ2n) is 7.30. The van der Waals surface area contributed by atoms with Gasteiger partial charge in [0.25, 0.3) is 10.1 Å². The zero-order valence-electron chi connectivity index (χ0n) is 16.2. The number of hydrogen-bond acceptors (Lipinski definition) is 3. The first-order chi connectivity index (χ1) is 13.8. The average molecular weight is 492 g/mol.